The number of fused-ring (bicyclic) bond motifs is 3. The number of hydrogen-bond donors (Lipinski definition) is 0. The van der Waals surface area contributed by atoms with E-state index in [4.69, 9.17) is 11.6 Å². The van der Waals surface area contributed by atoms with Crippen LogP contribution in [0.4, 0.5) is 8.78 Å². The number of hydrogen-bond acceptors (Lipinski definition) is 2. The Balaban J connectivity index is 2.14. The Labute approximate surface area is 162 Å². The molecule has 4 rings (SSSR count). The van der Waals surface area contributed by atoms with Gasteiger partial charge in [0.1, 0.15) is 29.7 Å². The maximum absolute atomic E-state index is 14.6. The Morgan fingerprint density at radius 1 is 1.08 bits per heavy atom. The highest BCUT2D eigenvalue weighted by Crippen LogP contribution is 2.35. The van der Waals surface area contributed by atoms with Crippen LogP contribution in [0, 0.1) is 11.6 Å². The highest BCUT2D eigenvalue weighted by atomic mass is 79.9. The first kappa shape index (κ1) is 17.2. The van der Waals surface area contributed by atoms with Gasteiger partial charge < -0.3 is 0 Å². The molecule has 1 atom stereocenters. The monoisotopic (exact) mass is 434 g/mol. The van der Waals surface area contributed by atoms with Gasteiger partial charge in [0, 0.05) is 10.5 Å². The molecule has 0 spiro atoms. The number of benzene rings is 2. The Kier molecular flexibility index (Phi) is 4.32. The zero-order valence-electron chi connectivity index (χ0n) is 13.5. The van der Waals surface area contributed by atoms with Crippen LogP contribution in [-0.2, 0) is 0 Å². The van der Waals surface area contributed by atoms with Crippen molar-refractivity contribution < 1.29 is 13.3 Å². The minimum atomic E-state index is -0.683. The summed E-state index contributed by atoms with van der Waals surface area (Å²) in [5.41, 5.74) is 1.22. The van der Waals surface area contributed by atoms with Gasteiger partial charge in [-0.05, 0) is 47.1 Å². The Hall–Kier alpha value is -2.18. The van der Waals surface area contributed by atoms with Crippen LogP contribution in [-0.4, -0.2) is 10.7 Å². The lowest BCUT2D eigenvalue weighted by atomic mass is 9.99. The summed E-state index contributed by atoms with van der Waals surface area (Å²) in [6.45, 7) is 1.83. The first-order valence-corrected chi connectivity index (χ1v) is 9.03. The molecule has 130 valence electrons. The normalized spacial score (nSPS) is 15.7. The van der Waals surface area contributed by atoms with E-state index in [2.05, 4.69) is 25.9 Å². The lowest BCUT2D eigenvalue weighted by Gasteiger charge is -2.13. The average Bonchev–Trinajstić information content (AvgIpc) is 2.74. The SMILES string of the molecule is C[C@@H]1N=C(c2c(F)cccc2F)c2c(ccc(Cl)c2Br)-[n+]2cccnc21. The summed E-state index contributed by atoms with van der Waals surface area (Å²) in [5.74, 6) is -0.704. The Morgan fingerprint density at radius 3 is 2.54 bits per heavy atom. The third kappa shape index (κ3) is 2.64. The molecule has 3 aromatic rings. The van der Waals surface area contributed by atoms with E-state index in [9.17, 15) is 8.78 Å². The van der Waals surface area contributed by atoms with Gasteiger partial charge in [-0.2, -0.15) is 4.57 Å². The average molecular weight is 436 g/mol. The number of aromatic nitrogens is 2. The van der Waals surface area contributed by atoms with Crippen molar-refractivity contribution >= 4 is 33.2 Å². The van der Waals surface area contributed by atoms with Crippen molar-refractivity contribution in [1.29, 1.82) is 0 Å². The summed E-state index contributed by atoms with van der Waals surface area (Å²) in [6.07, 6.45) is 3.51. The second kappa shape index (κ2) is 6.52. The van der Waals surface area contributed by atoms with Crippen molar-refractivity contribution in [3.63, 3.8) is 0 Å². The number of rotatable bonds is 1. The molecule has 0 N–H and O–H groups in total. The third-order valence-corrected chi connectivity index (χ3v) is 5.61. The molecule has 1 aliphatic heterocycles. The van der Waals surface area contributed by atoms with Gasteiger partial charge in [-0.3, -0.25) is 4.99 Å². The molecule has 0 unspecified atom stereocenters. The van der Waals surface area contributed by atoms with E-state index in [1.165, 1.54) is 18.2 Å². The third-order valence-electron chi connectivity index (χ3n) is 4.24. The molecule has 0 radical (unpaired) electrons. The quantitative estimate of drug-likeness (QED) is 0.497. The van der Waals surface area contributed by atoms with E-state index in [0.717, 1.165) is 0 Å². The van der Waals surface area contributed by atoms with Gasteiger partial charge in [-0.25, -0.2) is 8.78 Å². The van der Waals surface area contributed by atoms with Crippen molar-refractivity contribution in [3.05, 3.63) is 86.9 Å². The molecular formula is C19H12BrClF2N3+. The smallest absolute Gasteiger partial charge is 0.268 e. The van der Waals surface area contributed by atoms with E-state index in [1.54, 1.807) is 24.4 Å². The van der Waals surface area contributed by atoms with Crippen LogP contribution in [0.3, 0.4) is 0 Å². The number of halogens is 4. The van der Waals surface area contributed by atoms with Crippen molar-refractivity contribution in [2.24, 2.45) is 4.99 Å². The molecule has 0 amide bonds. The highest BCUT2D eigenvalue weighted by Gasteiger charge is 2.33. The summed E-state index contributed by atoms with van der Waals surface area (Å²) in [7, 11) is 0. The minimum Gasteiger partial charge on any atom is -0.268 e. The zero-order chi connectivity index (χ0) is 18.4. The molecule has 1 aromatic heterocycles. The first-order chi connectivity index (χ1) is 12.5. The van der Waals surface area contributed by atoms with Crippen LogP contribution in [0.1, 0.15) is 29.9 Å². The fourth-order valence-electron chi connectivity index (χ4n) is 3.09. The Bertz CT molecular complexity index is 1050. The Morgan fingerprint density at radius 2 is 1.81 bits per heavy atom. The molecule has 3 nitrogen and oxygen atoms in total. The molecule has 26 heavy (non-hydrogen) atoms. The second-order valence-electron chi connectivity index (χ2n) is 5.85. The van der Waals surface area contributed by atoms with Gasteiger partial charge in [0.25, 0.3) is 0 Å². The summed E-state index contributed by atoms with van der Waals surface area (Å²) >= 11 is 9.75. The van der Waals surface area contributed by atoms with E-state index in [1.807, 2.05) is 17.7 Å². The summed E-state index contributed by atoms with van der Waals surface area (Å²) in [4.78, 5) is 9.02. The maximum atomic E-state index is 14.6. The van der Waals surface area contributed by atoms with Crippen LogP contribution in [0.15, 0.2) is 58.3 Å². The van der Waals surface area contributed by atoms with Crippen LogP contribution in [0.5, 0.6) is 0 Å². The van der Waals surface area contributed by atoms with Gasteiger partial charge in [0.05, 0.1) is 21.9 Å². The lowest BCUT2D eigenvalue weighted by Crippen LogP contribution is -2.37. The largest absolute Gasteiger partial charge is 0.327 e. The van der Waals surface area contributed by atoms with Gasteiger partial charge >= 0.3 is 5.82 Å². The van der Waals surface area contributed by atoms with Crippen LogP contribution in [0.25, 0.3) is 5.69 Å². The van der Waals surface area contributed by atoms with Crippen molar-refractivity contribution in [1.82, 2.24) is 4.98 Å². The van der Waals surface area contributed by atoms with Crippen LogP contribution >= 0.6 is 27.5 Å². The van der Waals surface area contributed by atoms with E-state index in [0.29, 0.717) is 26.6 Å². The van der Waals surface area contributed by atoms with Gasteiger partial charge in [-0.1, -0.05) is 22.7 Å². The summed E-state index contributed by atoms with van der Waals surface area (Å²) in [5, 5.41) is 0.425. The fourth-order valence-corrected chi connectivity index (χ4v) is 3.77. The summed E-state index contributed by atoms with van der Waals surface area (Å²) in [6, 6.07) is 8.65. The first-order valence-electron chi connectivity index (χ1n) is 7.86. The number of nitrogens with zero attached hydrogens (tertiary/aromatic N) is 3. The molecule has 0 aliphatic carbocycles. The molecule has 1 aliphatic rings. The van der Waals surface area contributed by atoms with E-state index >= 15 is 0 Å². The van der Waals surface area contributed by atoms with Crippen molar-refractivity contribution in [2.75, 3.05) is 0 Å². The molecule has 0 bridgehead atoms. The lowest BCUT2D eigenvalue weighted by molar-refractivity contribution is -0.609. The molecule has 2 aromatic carbocycles. The predicted molar refractivity (Wildman–Crippen MR) is 98.9 cm³/mol. The van der Waals surface area contributed by atoms with Crippen LogP contribution < -0.4 is 4.57 Å². The van der Waals surface area contributed by atoms with Crippen LogP contribution in [0.2, 0.25) is 5.02 Å². The minimum absolute atomic E-state index is 0.183. The van der Waals surface area contributed by atoms with Gasteiger partial charge in [0.15, 0.2) is 6.04 Å². The standard InChI is InChI=1S/C19H12BrClF2N3/c1-10-19-24-8-3-9-26(19)14-7-6-11(21)17(20)16(14)18(25-10)15-12(22)4-2-5-13(15)23/h2-10H,1H3/q+1/t10-/m0/s1. The number of aliphatic imine (C=N–C) groups is 1. The molecular weight excluding hydrogens is 424 g/mol. The molecule has 7 heteroatoms. The van der Waals surface area contributed by atoms with Crippen molar-refractivity contribution in [3.8, 4) is 5.69 Å². The summed E-state index contributed by atoms with van der Waals surface area (Å²) < 4.78 is 31.5. The van der Waals surface area contributed by atoms with Gasteiger partial charge in [-0.15, -0.1) is 0 Å². The molecule has 0 saturated heterocycles. The van der Waals surface area contributed by atoms with Crippen molar-refractivity contribution in [2.45, 2.75) is 13.0 Å². The molecule has 0 saturated carbocycles. The highest BCUT2D eigenvalue weighted by molar-refractivity contribution is 9.10. The molecule has 2 heterocycles. The topological polar surface area (TPSA) is 29.1 Å². The van der Waals surface area contributed by atoms with E-state index in [-0.39, 0.29) is 11.3 Å². The second-order valence-corrected chi connectivity index (χ2v) is 7.05. The predicted octanol–water partition coefficient (Wildman–Crippen LogP) is 4.96. The zero-order valence-corrected chi connectivity index (χ0v) is 15.9. The van der Waals surface area contributed by atoms with E-state index < -0.39 is 17.7 Å². The fraction of sp³-hybridized carbons (Fsp3) is 0.105. The maximum Gasteiger partial charge on any atom is 0.327 e. The molecule has 0 fully saturated rings. The van der Waals surface area contributed by atoms with Gasteiger partial charge in [0.2, 0.25) is 0 Å².